The van der Waals surface area contributed by atoms with Gasteiger partial charge < -0.3 is 15.0 Å². The van der Waals surface area contributed by atoms with Gasteiger partial charge in [-0.15, -0.1) is 0 Å². The number of aromatic nitrogens is 4. The zero-order chi connectivity index (χ0) is 18.9. The van der Waals surface area contributed by atoms with Crippen molar-refractivity contribution in [3.05, 3.63) is 35.7 Å². The third kappa shape index (κ3) is 3.96. The van der Waals surface area contributed by atoms with Crippen LogP contribution in [0.2, 0.25) is 0 Å². The maximum atomic E-state index is 12.3. The van der Waals surface area contributed by atoms with Gasteiger partial charge in [-0.1, -0.05) is 6.92 Å². The Bertz CT molecular complexity index is 778. The lowest BCUT2D eigenvalue weighted by molar-refractivity contribution is -0.124. The van der Waals surface area contributed by atoms with Crippen LogP contribution in [0.5, 0.6) is 0 Å². The molecule has 142 valence electrons. The zero-order valence-electron chi connectivity index (χ0n) is 15.9. The smallest absolute Gasteiger partial charge is 0.234 e. The number of nitrogens with zero attached hydrogens (tertiary/aromatic N) is 5. The second-order valence-electron chi connectivity index (χ2n) is 7.58. The number of aliphatic hydroxyl groups excluding tert-OH is 1. The van der Waals surface area contributed by atoms with E-state index in [0.29, 0.717) is 31.2 Å². The van der Waals surface area contributed by atoms with E-state index in [1.807, 2.05) is 31.6 Å². The van der Waals surface area contributed by atoms with Crippen LogP contribution >= 0.6 is 0 Å². The number of hydrogen-bond acceptors (Lipinski definition) is 5. The minimum atomic E-state index is -0.852. The van der Waals surface area contributed by atoms with E-state index < -0.39 is 6.10 Å². The summed E-state index contributed by atoms with van der Waals surface area (Å²) in [5.74, 6) is 0.608. The highest BCUT2D eigenvalue weighted by Gasteiger charge is 2.25. The average Bonchev–Trinajstić information content (AvgIpc) is 3.19. The lowest BCUT2D eigenvalue weighted by atomic mass is 10.0. The minimum absolute atomic E-state index is 0.0399. The van der Waals surface area contributed by atoms with Crippen molar-refractivity contribution in [3.63, 3.8) is 0 Å². The SMILES string of the molecule is CCC(C)(C)NC(=O)CN1CCn2nc([C@H](O)c3nccn3C)cc2C1. The number of aryl methyl sites for hydroxylation is 1. The summed E-state index contributed by atoms with van der Waals surface area (Å²) in [5.41, 5.74) is 1.41. The van der Waals surface area contributed by atoms with Crippen molar-refractivity contribution in [2.45, 2.75) is 51.9 Å². The maximum Gasteiger partial charge on any atom is 0.234 e. The molecule has 0 spiro atoms. The van der Waals surface area contributed by atoms with Crippen molar-refractivity contribution in [2.24, 2.45) is 7.05 Å². The third-order valence-corrected chi connectivity index (χ3v) is 5.01. The highest BCUT2D eigenvalue weighted by atomic mass is 16.3. The molecule has 26 heavy (non-hydrogen) atoms. The van der Waals surface area contributed by atoms with Crippen molar-refractivity contribution in [1.82, 2.24) is 29.5 Å². The molecule has 0 aromatic carbocycles. The van der Waals surface area contributed by atoms with Gasteiger partial charge in [0.2, 0.25) is 5.91 Å². The summed E-state index contributed by atoms with van der Waals surface area (Å²) in [6.07, 6.45) is 3.49. The molecule has 1 aliphatic rings. The lowest BCUT2D eigenvalue weighted by Gasteiger charge is -2.29. The van der Waals surface area contributed by atoms with Crippen molar-refractivity contribution in [3.8, 4) is 0 Å². The Balaban J connectivity index is 1.65. The van der Waals surface area contributed by atoms with E-state index in [-0.39, 0.29) is 11.4 Å². The van der Waals surface area contributed by atoms with E-state index in [1.54, 1.807) is 17.0 Å². The average molecular weight is 360 g/mol. The molecule has 0 bridgehead atoms. The largest absolute Gasteiger partial charge is 0.379 e. The van der Waals surface area contributed by atoms with Crippen molar-refractivity contribution in [1.29, 1.82) is 0 Å². The standard InChI is InChI=1S/C18H28N6O2/c1-5-18(2,3)20-15(25)12-23-8-9-24-13(11-23)10-14(21-24)16(26)17-19-6-7-22(17)4/h6-7,10,16,26H,5,8-9,11-12H2,1-4H3,(H,20,25)/t16-/m0/s1. The van der Waals surface area contributed by atoms with Crippen molar-refractivity contribution < 1.29 is 9.90 Å². The zero-order valence-corrected chi connectivity index (χ0v) is 15.9. The van der Waals surface area contributed by atoms with Crippen LogP contribution in [-0.4, -0.2) is 53.9 Å². The summed E-state index contributed by atoms with van der Waals surface area (Å²) in [4.78, 5) is 18.6. The molecule has 1 amide bonds. The summed E-state index contributed by atoms with van der Waals surface area (Å²) >= 11 is 0. The molecule has 8 nitrogen and oxygen atoms in total. The minimum Gasteiger partial charge on any atom is -0.379 e. The number of aliphatic hydroxyl groups is 1. The molecule has 8 heteroatoms. The predicted molar refractivity (Wildman–Crippen MR) is 97.3 cm³/mol. The number of hydrogen-bond donors (Lipinski definition) is 2. The quantitative estimate of drug-likeness (QED) is 0.796. The fourth-order valence-corrected chi connectivity index (χ4v) is 3.09. The van der Waals surface area contributed by atoms with Crippen LogP contribution in [0.25, 0.3) is 0 Å². The van der Waals surface area contributed by atoms with Gasteiger partial charge in [0.15, 0.2) is 6.10 Å². The van der Waals surface area contributed by atoms with Gasteiger partial charge in [-0.2, -0.15) is 5.10 Å². The second-order valence-corrected chi connectivity index (χ2v) is 7.58. The number of fused-ring (bicyclic) bond motifs is 1. The van der Waals surface area contributed by atoms with Crippen LogP contribution < -0.4 is 5.32 Å². The first-order chi connectivity index (χ1) is 12.3. The molecule has 0 fully saturated rings. The van der Waals surface area contributed by atoms with E-state index in [4.69, 9.17) is 0 Å². The Morgan fingerprint density at radius 2 is 2.19 bits per heavy atom. The van der Waals surface area contributed by atoms with Crippen LogP contribution in [0.3, 0.4) is 0 Å². The Hall–Kier alpha value is -2.19. The molecule has 0 saturated carbocycles. The summed E-state index contributed by atoms with van der Waals surface area (Å²) < 4.78 is 3.70. The van der Waals surface area contributed by atoms with Gasteiger partial charge >= 0.3 is 0 Å². The van der Waals surface area contributed by atoms with Gasteiger partial charge in [0.05, 0.1) is 24.5 Å². The van der Waals surface area contributed by atoms with Crippen LogP contribution in [-0.2, 0) is 24.9 Å². The first-order valence-electron chi connectivity index (χ1n) is 9.04. The number of carbonyl (C=O) groups excluding carboxylic acids is 1. The van der Waals surface area contributed by atoms with E-state index in [2.05, 4.69) is 27.2 Å². The van der Waals surface area contributed by atoms with Gasteiger partial charge in [-0.05, 0) is 26.3 Å². The first kappa shape index (κ1) is 18.6. The van der Waals surface area contributed by atoms with Crippen LogP contribution in [0.4, 0.5) is 0 Å². The normalized spacial score (nSPS) is 16.3. The Morgan fingerprint density at radius 3 is 2.85 bits per heavy atom. The fourth-order valence-electron chi connectivity index (χ4n) is 3.09. The number of carbonyl (C=O) groups is 1. The monoisotopic (exact) mass is 360 g/mol. The molecule has 2 aromatic heterocycles. The summed E-state index contributed by atoms with van der Waals surface area (Å²) in [7, 11) is 1.85. The molecule has 0 aliphatic carbocycles. The van der Waals surface area contributed by atoms with Crippen LogP contribution in [0.1, 0.15) is 50.5 Å². The highest BCUT2D eigenvalue weighted by molar-refractivity contribution is 5.78. The second kappa shape index (κ2) is 7.20. The van der Waals surface area contributed by atoms with Gasteiger partial charge in [-0.25, -0.2) is 4.98 Å². The molecule has 3 rings (SSSR count). The molecule has 0 radical (unpaired) electrons. The first-order valence-corrected chi connectivity index (χ1v) is 9.04. The fraction of sp³-hybridized carbons (Fsp3) is 0.611. The molecule has 3 heterocycles. The third-order valence-electron chi connectivity index (χ3n) is 5.01. The lowest BCUT2D eigenvalue weighted by Crippen LogP contribution is -2.48. The summed E-state index contributed by atoms with van der Waals surface area (Å²) in [6.45, 7) is 8.59. The van der Waals surface area contributed by atoms with Crippen molar-refractivity contribution in [2.75, 3.05) is 13.1 Å². The molecular weight excluding hydrogens is 332 g/mol. The van der Waals surface area contributed by atoms with E-state index in [9.17, 15) is 9.90 Å². The number of rotatable bonds is 6. The number of nitrogens with one attached hydrogen (secondary N) is 1. The topological polar surface area (TPSA) is 88.2 Å². The molecule has 2 N–H and O–H groups in total. The van der Waals surface area contributed by atoms with E-state index >= 15 is 0 Å². The van der Waals surface area contributed by atoms with Crippen LogP contribution in [0.15, 0.2) is 18.5 Å². The number of imidazole rings is 1. The summed E-state index contributed by atoms with van der Waals surface area (Å²) in [6, 6.07) is 1.90. The molecule has 2 aromatic rings. The Kier molecular flexibility index (Phi) is 5.15. The van der Waals surface area contributed by atoms with Crippen molar-refractivity contribution >= 4 is 5.91 Å². The van der Waals surface area contributed by atoms with Gasteiger partial charge in [-0.3, -0.25) is 14.4 Å². The molecule has 0 unspecified atom stereocenters. The molecule has 1 aliphatic heterocycles. The maximum absolute atomic E-state index is 12.3. The van der Waals surface area contributed by atoms with Gasteiger partial charge in [0, 0.05) is 38.1 Å². The summed E-state index contributed by atoms with van der Waals surface area (Å²) in [5, 5.41) is 18.1. The van der Waals surface area contributed by atoms with E-state index in [0.717, 1.165) is 18.7 Å². The predicted octanol–water partition coefficient (Wildman–Crippen LogP) is 0.819. The van der Waals surface area contributed by atoms with Gasteiger partial charge in [0.25, 0.3) is 0 Å². The molecule has 0 saturated heterocycles. The highest BCUT2D eigenvalue weighted by Crippen LogP contribution is 2.22. The molecule has 1 atom stereocenters. The van der Waals surface area contributed by atoms with Crippen LogP contribution in [0, 0.1) is 0 Å². The molecular formula is C18H28N6O2. The number of amides is 1. The Morgan fingerprint density at radius 1 is 1.42 bits per heavy atom. The Labute approximate surface area is 153 Å². The van der Waals surface area contributed by atoms with E-state index in [1.165, 1.54) is 0 Å². The van der Waals surface area contributed by atoms with Gasteiger partial charge in [0.1, 0.15) is 5.82 Å².